The van der Waals surface area contributed by atoms with Gasteiger partial charge in [0, 0.05) is 12.6 Å². The molecule has 2 heteroatoms. The van der Waals surface area contributed by atoms with Crippen LogP contribution in [0.3, 0.4) is 0 Å². The van der Waals surface area contributed by atoms with Crippen LogP contribution in [0.15, 0.2) is 30.3 Å². The summed E-state index contributed by atoms with van der Waals surface area (Å²) in [4.78, 5) is 2.17. The lowest BCUT2D eigenvalue weighted by Gasteiger charge is -2.23. The van der Waals surface area contributed by atoms with Gasteiger partial charge < -0.3 is 10.0 Å². The summed E-state index contributed by atoms with van der Waals surface area (Å²) in [6.07, 6.45) is 1.04. The number of hydrogen-bond acceptors (Lipinski definition) is 2. The minimum Gasteiger partial charge on any atom is -0.395 e. The van der Waals surface area contributed by atoms with E-state index in [9.17, 15) is 0 Å². The highest BCUT2D eigenvalue weighted by atomic mass is 16.3. The van der Waals surface area contributed by atoms with Crippen LogP contribution in [0, 0.1) is 0 Å². The number of nitrogens with zero attached hydrogens (tertiary/aromatic N) is 1. The third-order valence-electron chi connectivity index (χ3n) is 2.58. The van der Waals surface area contributed by atoms with Gasteiger partial charge in [-0.2, -0.15) is 0 Å². The molecule has 0 saturated carbocycles. The summed E-state index contributed by atoms with van der Waals surface area (Å²) < 4.78 is 0. The Labute approximate surface area is 86.2 Å². The average molecular weight is 193 g/mol. The minimum atomic E-state index is 0.232. The SMILES string of the molecule is CC(Cc1ccccc1)N(C)CCO. The number of benzene rings is 1. The molecule has 0 fully saturated rings. The first kappa shape index (κ1) is 11.2. The van der Waals surface area contributed by atoms with Gasteiger partial charge in [-0.05, 0) is 26.0 Å². The quantitative estimate of drug-likeness (QED) is 0.767. The number of hydrogen-bond donors (Lipinski definition) is 1. The highest BCUT2D eigenvalue weighted by Crippen LogP contribution is 2.06. The molecule has 1 atom stereocenters. The molecule has 1 rings (SSSR count). The van der Waals surface area contributed by atoms with E-state index in [1.807, 2.05) is 13.1 Å². The van der Waals surface area contributed by atoms with Gasteiger partial charge in [0.2, 0.25) is 0 Å². The molecule has 0 radical (unpaired) electrons. The maximum absolute atomic E-state index is 8.81. The van der Waals surface area contributed by atoms with Crippen molar-refractivity contribution in [2.45, 2.75) is 19.4 Å². The number of rotatable bonds is 5. The third kappa shape index (κ3) is 3.48. The molecule has 0 aliphatic heterocycles. The molecule has 1 N–H and O–H groups in total. The molecule has 0 heterocycles. The fourth-order valence-corrected chi connectivity index (χ4v) is 1.49. The second kappa shape index (κ2) is 5.78. The summed E-state index contributed by atoms with van der Waals surface area (Å²) in [5.41, 5.74) is 1.35. The molecule has 0 bridgehead atoms. The van der Waals surface area contributed by atoms with Crippen molar-refractivity contribution >= 4 is 0 Å². The van der Waals surface area contributed by atoms with Crippen molar-refractivity contribution in [3.05, 3.63) is 35.9 Å². The van der Waals surface area contributed by atoms with E-state index in [2.05, 4.69) is 36.1 Å². The highest BCUT2D eigenvalue weighted by molar-refractivity contribution is 5.15. The standard InChI is InChI=1S/C12H19NO/c1-11(13(2)8-9-14)10-12-6-4-3-5-7-12/h3-7,11,14H,8-10H2,1-2H3. The molecular weight excluding hydrogens is 174 g/mol. The normalized spacial score (nSPS) is 13.1. The van der Waals surface area contributed by atoms with Gasteiger partial charge in [-0.3, -0.25) is 0 Å². The molecule has 78 valence electrons. The molecule has 0 saturated heterocycles. The topological polar surface area (TPSA) is 23.5 Å². The van der Waals surface area contributed by atoms with Gasteiger partial charge in [0.05, 0.1) is 6.61 Å². The van der Waals surface area contributed by atoms with Crippen LogP contribution in [0.1, 0.15) is 12.5 Å². The molecule has 1 aromatic rings. The summed E-state index contributed by atoms with van der Waals surface area (Å²) in [6.45, 7) is 3.16. The summed E-state index contributed by atoms with van der Waals surface area (Å²) in [7, 11) is 2.05. The van der Waals surface area contributed by atoms with Crippen molar-refractivity contribution in [1.82, 2.24) is 4.90 Å². The van der Waals surface area contributed by atoms with Crippen LogP contribution in [0.4, 0.5) is 0 Å². The number of aliphatic hydroxyl groups excluding tert-OH is 1. The van der Waals surface area contributed by atoms with E-state index in [-0.39, 0.29) is 6.61 Å². The summed E-state index contributed by atoms with van der Waals surface area (Å²) in [6, 6.07) is 10.9. The Kier molecular flexibility index (Phi) is 4.63. The van der Waals surface area contributed by atoms with E-state index in [0.29, 0.717) is 6.04 Å². The van der Waals surface area contributed by atoms with Crippen molar-refractivity contribution in [1.29, 1.82) is 0 Å². The lowest BCUT2D eigenvalue weighted by molar-refractivity contribution is 0.187. The fraction of sp³-hybridized carbons (Fsp3) is 0.500. The van der Waals surface area contributed by atoms with Gasteiger partial charge in [-0.25, -0.2) is 0 Å². The molecule has 0 amide bonds. The monoisotopic (exact) mass is 193 g/mol. The zero-order valence-electron chi connectivity index (χ0n) is 8.98. The van der Waals surface area contributed by atoms with E-state index >= 15 is 0 Å². The van der Waals surface area contributed by atoms with Gasteiger partial charge in [0.15, 0.2) is 0 Å². The number of likely N-dealkylation sites (N-methyl/N-ethyl adjacent to an activating group) is 1. The Morgan fingerprint density at radius 3 is 2.50 bits per heavy atom. The van der Waals surface area contributed by atoms with Gasteiger partial charge >= 0.3 is 0 Å². The molecular formula is C12H19NO. The summed E-state index contributed by atoms with van der Waals surface area (Å²) in [5, 5.41) is 8.81. The Hall–Kier alpha value is -0.860. The van der Waals surface area contributed by atoms with E-state index in [1.165, 1.54) is 5.56 Å². The van der Waals surface area contributed by atoms with Crippen LogP contribution in [0.2, 0.25) is 0 Å². The van der Waals surface area contributed by atoms with Crippen molar-refractivity contribution in [3.63, 3.8) is 0 Å². The summed E-state index contributed by atoms with van der Waals surface area (Å²) in [5.74, 6) is 0. The smallest absolute Gasteiger partial charge is 0.0558 e. The third-order valence-corrected chi connectivity index (χ3v) is 2.58. The van der Waals surface area contributed by atoms with Gasteiger partial charge in [0.1, 0.15) is 0 Å². The zero-order valence-corrected chi connectivity index (χ0v) is 8.98. The zero-order chi connectivity index (χ0) is 10.4. The van der Waals surface area contributed by atoms with Crippen LogP contribution in [-0.4, -0.2) is 36.2 Å². The van der Waals surface area contributed by atoms with Crippen LogP contribution >= 0.6 is 0 Å². The molecule has 0 aliphatic rings. The largest absolute Gasteiger partial charge is 0.395 e. The first-order valence-electron chi connectivity index (χ1n) is 5.09. The second-order valence-corrected chi connectivity index (χ2v) is 3.74. The Balaban J connectivity index is 2.44. The Morgan fingerprint density at radius 2 is 1.93 bits per heavy atom. The molecule has 0 aromatic heterocycles. The summed E-state index contributed by atoms with van der Waals surface area (Å²) >= 11 is 0. The maximum atomic E-state index is 8.81. The van der Waals surface area contributed by atoms with Crippen molar-refractivity contribution in [3.8, 4) is 0 Å². The van der Waals surface area contributed by atoms with Crippen LogP contribution in [0.5, 0.6) is 0 Å². The van der Waals surface area contributed by atoms with Crippen LogP contribution < -0.4 is 0 Å². The van der Waals surface area contributed by atoms with Gasteiger partial charge in [-0.15, -0.1) is 0 Å². The van der Waals surface area contributed by atoms with Crippen molar-refractivity contribution < 1.29 is 5.11 Å². The van der Waals surface area contributed by atoms with Crippen LogP contribution in [0.25, 0.3) is 0 Å². The molecule has 0 aliphatic carbocycles. The predicted molar refractivity (Wildman–Crippen MR) is 59.3 cm³/mol. The maximum Gasteiger partial charge on any atom is 0.0558 e. The van der Waals surface area contributed by atoms with Crippen LogP contribution in [-0.2, 0) is 6.42 Å². The lowest BCUT2D eigenvalue weighted by atomic mass is 10.1. The number of aliphatic hydroxyl groups is 1. The second-order valence-electron chi connectivity index (χ2n) is 3.74. The lowest BCUT2D eigenvalue weighted by Crippen LogP contribution is -2.33. The van der Waals surface area contributed by atoms with E-state index in [0.717, 1.165) is 13.0 Å². The molecule has 0 spiro atoms. The molecule has 2 nitrogen and oxygen atoms in total. The highest BCUT2D eigenvalue weighted by Gasteiger charge is 2.08. The van der Waals surface area contributed by atoms with Gasteiger partial charge in [-0.1, -0.05) is 30.3 Å². The fourth-order valence-electron chi connectivity index (χ4n) is 1.49. The van der Waals surface area contributed by atoms with Crippen molar-refractivity contribution in [2.75, 3.05) is 20.2 Å². The predicted octanol–water partition coefficient (Wildman–Crippen LogP) is 1.54. The Morgan fingerprint density at radius 1 is 1.29 bits per heavy atom. The van der Waals surface area contributed by atoms with Gasteiger partial charge in [0.25, 0.3) is 0 Å². The van der Waals surface area contributed by atoms with E-state index in [4.69, 9.17) is 5.11 Å². The Bertz CT molecular complexity index is 248. The van der Waals surface area contributed by atoms with E-state index in [1.54, 1.807) is 0 Å². The first-order chi connectivity index (χ1) is 6.74. The first-order valence-corrected chi connectivity index (χ1v) is 5.09. The minimum absolute atomic E-state index is 0.232. The van der Waals surface area contributed by atoms with E-state index < -0.39 is 0 Å². The molecule has 14 heavy (non-hydrogen) atoms. The average Bonchev–Trinajstić information content (AvgIpc) is 2.19. The molecule has 1 unspecified atom stereocenters. The molecule has 1 aromatic carbocycles. The van der Waals surface area contributed by atoms with Crippen molar-refractivity contribution in [2.24, 2.45) is 0 Å².